The molecule has 1 aromatic heterocycles. The Morgan fingerprint density at radius 1 is 1.29 bits per heavy atom. The summed E-state index contributed by atoms with van der Waals surface area (Å²) >= 11 is 0. The second-order valence-electron chi connectivity index (χ2n) is 6.36. The fraction of sp³-hybridized carbons (Fsp3) is 0.750. The molecule has 0 unspecified atom stereocenters. The van der Waals surface area contributed by atoms with Gasteiger partial charge in [0, 0.05) is 32.2 Å². The van der Waals surface area contributed by atoms with Crippen LogP contribution in [0.1, 0.15) is 37.3 Å². The van der Waals surface area contributed by atoms with Gasteiger partial charge < -0.3 is 9.64 Å². The molecule has 0 aromatic carbocycles. The third-order valence-electron chi connectivity index (χ3n) is 4.67. The van der Waals surface area contributed by atoms with Crippen LogP contribution in [0.4, 0.5) is 0 Å². The van der Waals surface area contributed by atoms with Crippen LogP contribution in [-0.4, -0.2) is 47.8 Å². The van der Waals surface area contributed by atoms with Gasteiger partial charge in [-0.3, -0.25) is 9.36 Å². The van der Waals surface area contributed by atoms with E-state index in [1.807, 2.05) is 0 Å². The smallest absolute Gasteiger partial charge is 0.253 e. The van der Waals surface area contributed by atoms with Crippen LogP contribution in [0.15, 0.2) is 17.2 Å². The molecule has 0 N–H and O–H groups in total. The van der Waals surface area contributed by atoms with Crippen LogP contribution >= 0.6 is 0 Å². The van der Waals surface area contributed by atoms with Crippen molar-refractivity contribution in [1.82, 2.24) is 14.5 Å². The van der Waals surface area contributed by atoms with E-state index in [4.69, 9.17) is 4.74 Å². The quantitative estimate of drug-likeness (QED) is 0.796. The number of methoxy groups -OCH3 is 1. The number of likely N-dealkylation sites (tertiary alicyclic amines) is 1. The van der Waals surface area contributed by atoms with E-state index in [0.29, 0.717) is 11.8 Å². The SMILES string of the molecule is COCCN1CCC(Cn2cnc(C3CC3)cc2=O)CC1. The topological polar surface area (TPSA) is 47.4 Å². The molecule has 1 saturated carbocycles. The van der Waals surface area contributed by atoms with Gasteiger partial charge in [-0.15, -0.1) is 0 Å². The van der Waals surface area contributed by atoms with Crippen molar-refractivity contribution in [3.05, 3.63) is 28.4 Å². The Labute approximate surface area is 125 Å². The van der Waals surface area contributed by atoms with E-state index >= 15 is 0 Å². The van der Waals surface area contributed by atoms with E-state index in [9.17, 15) is 4.79 Å². The maximum absolute atomic E-state index is 12.1. The van der Waals surface area contributed by atoms with Gasteiger partial charge in [-0.05, 0) is 44.7 Å². The molecule has 2 fully saturated rings. The molecule has 0 atom stereocenters. The van der Waals surface area contributed by atoms with Crippen molar-refractivity contribution in [3.8, 4) is 0 Å². The first-order valence-corrected chi connectivity index (χ1v) is 8.04. The average Bonchev–Trinajstić information content (AvgIpc) is 3.33. The van der Waals surface area contributed by atoms with Gasteiger partial charge in [0.25, 0.3) is 5.56 Å². The first-order chi connectivity index (χ1) is 10.3. The molecule has 0 amide bonds. The Hall–Kier alpha value is -1.20. The van der Waals surface area contributed by atoms with Gasteiger partial charge in [-0.25, -0.2) is 4.98 Å². The number of hydrogen-bond donors (Lipinski definition) is 0. The van der Waals surface area contributed by atoms with Gasteiger partial charge in [0.2, 0.25) is 0 Å². The van der Waals surface area contributed by atoms with Crippen molar-refractivity contribution in [2.75, 3.05) is 33.4 Å². The summed E-state index contributed by atoms with van der Waals surface area (Å²) in [6.07, 6.45) is 6.45. The van der Waals surface area contributed by atoms with Crippen molar-refractivity contribution < 1.29 is 4.74 Å². The summed E-state index contributed by atoms with van der Waals surface area (Å²) in [5.74, 6) is 1.14. The molecule has 116 valence electrons. The number of aromatic nitrogens is 2. The summed E-state index contributed by atoms with van der Waals surface area (Å²) in [7, 11) is 1.75. The molecule has 1 saturated heterocycles. The Balaban J connectivity index is 1.52. The summed E-state index contributed by atoms with van der Waals surface area (Å²) < 4.78 is 6.92. The molecule has 5 nitrogen and oxygen atoms in total. The van der Waals surface area contributed by atoms with Gasteiger partial charge in [-0.1, -0.05) is 0 Å². The van der Waals surface area contributed by atoms with E-state index < -0.39 is 0 Å². The molecular formula is C16H25N3O2. The van der Waals surface area contributed by atoms with Gasteiger partial charge in [0.15, 0.2) is 0 Å². The molecule has 2 heterocycles. The van der Waals surface area contributed by atoms with E-state index in [-0.39, 0.29) is 5.56 Å². The average molecular weight is 291 g/mol. The lowest BCUT2D eigenvalue weighted by atomic mass is 9.97. The lowest BCUT2D eigenvalue weighted by Crippen LogP contribution is -2.38. The number of piperidine rings is 1. The number of nitrogens with zero attached hydrogens (tertiary/aromatic N) is 3. The Morgan fingerprint density at radius 3 is 2.67 bits per heavy atom. The summed E-state index contributed by atoms with van der Waals surface area (Å²) in [6.45, 7) is 4.85. The largest absolute Gasteiger partial charge is 0.383 e. The van der Waals surface area contributed by atoms with Gasteiger partial charge in [0.1, 0.15) is 0 Å². The van der Waals surface area contributed by atoms with Crippen molar-refractivity contribution >= 4 is 0 Å². The van der Waals surface area contributed by atoms with Crippen LogP contribution in [0.2, 0.25) is 0 Å². The van der Waals surface area contributed by atoms with E-state index in [2.05, 4.69) is 9.88 Å². The molecular weight excluding hydrogens is 266 g/mol. The van der Waals surface area contributed by atoms with Gasteiger partial charge in [-0.2, -0.15) is 0 Å². The van der Waals surface area contributed by atoms with E-state index in [0.717, 1.165) is 51.3 Å². The van der Waals surface area contributed by atoms with Crippen LogP contribution < -0.4 is 5.56 Å². The third-order valence-corrected chi connectivity index (χ3v) is 4.67. The zero-order chi connectivity index (χ0) is 14.7. The normalized spacial score (nSPS) is 20.8. The van der Waals surface area contributed by atoms with Crippen LogP contribution in [-0.2, 0) is 11.3 Å². The zero-order valence-electron chi connectivity index (χ0n) is 12.8. The minimum absolute atomic E-state index is 0.119. The van der Waals surface area contributed by atoms with Gasteiger partial charge in [0.05, 0.1) is 18.6 Å². The first-order valence-electron chi connectivity index (χ1n) is 8.04. The minimum atomic E-state index is 0.119. The summed E-state index contributed by atoms with van der Waals surface area (Å²) in [6, 6.07) is 1.74. The maximum atomic E-state index is 12.1. The molecule has 1 aliphatic heterocycles. The monoisotopic (exact) mass is 291 g/mol. The molecule has 3 rings (SSSR count). The lowest BCUT2D eigenvalue weighted by Gasteiger charge is -2.31. The van der Waals surface area contributed by atoms with E-state index in [1.54, 1.807) is 24.1 Å². The van der Waals surface area contributed by atoms with Crippen molar-refractivity contribution in [2.45, 2.75) is 38.1 Å². The summed E-state index contributed by atoms with van der Waals surface area (Å²) in [5.41, 5.74) is 1.11. The highest BCUT2D eigenvalue weighted by atomic mass is 16.5. The first kappa shape index (κ1) is 14.7. The molecule has 21 heavy (non-hydrogen) atoms. The van der Waals surface area contributed by atoms with Crippen LogP contribution in [0.3, 0.4) is 0 Å². The zero-order valence-corrected chi connectivity index (χ0v) is 12.8. The number of ether oxygens (including phenoxy) is 1. The molecule has 1 aliphatic carbocycles. The van der Waals surface area contributed by atoms with Crippen molar-refractivity contribution in [2.24, 2.45) is 5.92 Å². The minimum Gasteiger partial charge on any atom is -0.383 e. The second kappa shape index (κ2) is 6.71. The maximum Gasteiger partial charge on any atom is 0.253 e. The highest BCUT2D eigenvalue weighted by Gasteiger charge is 2.26. The summed E-state index contributed by atoms with van der Waals surface area (Å²) in [4.78, 5) is 19.0. The predicted octanol–water partition coefficient (Wildman–Crippen LogP) is 1.48. The van der Waals surface area contributed by atoms with E-state index in [1.165, 1.54) is 12.8 Å². The highest BCUT2D eigenvalue weighted by molar-refractivity contribution is 5.12. The fourth-order valence-electron chi connectivity index (χ4n) is 3.07. The number of rotatable bonds is 6. The van der Waals surface area contributed by atoms with Crippen molar-refractivity contribution in [3.63, 3.8) is 0 Å². The third kappa shape index (κ3) is 3.92. The Kier molecular flexibility index (Phi) is 4.70. The van der Waals surface area contributed by atoms with Crippen LogP contribution in [0.25, 0.3) is 0 Å². The molecule has 5 heteroatoms. The Morgan fingerprint density at radius 2 is 2.05 bits per heavy atom. The lowest BCUT2D eigenvalue weighted by molar-refractivity contribution is 0.116. The van der Waals surface area contributed by atoms with Crippen LogP contribution in [0, 0.1) is 5.92 Å². The predicted molar refractivity (Wildman–Crippen MR) is 81.5 cm³/mol. The highest BCUT2D eigenvalue weighted by Crippen LogP contribution is 2.38. The standard InChI is InChI=1S/C16H25N3O2/c1-21-9-8-18-6-4-13(5-7-18)11-19-12-17-15(10-16(19)20)14-2-3-14/h10,12-14H,2-9,11H2,1H3. The van der Waals surface area contributed by atoms with Crippen molar-refractivity contribution in [1.29, 1.82) is 0 Å². The second-order valence-corrected chi connectivity index (χ2v) is 6.36. The molecule has 0 radical (unpaired) electrons. The molecule has 0 bridgehead atoms. The summed E-state index contributed by atoms with van der Waals surface area (Å²) in [5, 5.41) is 0. The van der Waals surface area contributed by atoms with Crippen LogP contribution in [0.5, 0.6) is 0 Å². The fourth-order valence-corrected chi connectivity index (χ4v) is 3.07. The Bertz CT molecular complexity index is 516. The van der Waals surface area contributed by atoms with Gasteiger partial charge >= 0.3 is 0 Å². The molecule has 2 aliphatic rings. The number of hydrogen-bond acceptors (Lipinski definition) is 4. The molecule has 0 spiro atoms. The molecule has 1 aromatic rings.